The van der Waals surface area contributed by atoms with E-state index in [-0.39, 0.29) is 0 Å². The number of benzene rings is 1. The lowest BCUT2D eigenvalue weighted by atomic mass is 9.65. The molecule has 104 valence electrons. The zero-order chi connectivity index (χ0) is 13.9. The fraction of sp³-hybridized carbons (Fsp3) is 0.556. The molecule has 0 amide bonds. The Labute approximate surface area is 117 Å². The van der Waals surface area contributed by atoms with Crippen LogP contribution in [0, 0.1) is 11.3 Å². The summed E-state index contributed by atoms with van der Waals surface area (Å²) in [7, 11) is 1.71. The minimum absolute atomic E-state index is 0.418. The van der Waals surface area contributed by atoms with Crippen molar-refractivity contribution < 1.29 is 4.74 Å². The zero-order valence-corrected chi connectivity index (χ0v) is 12.5. The van der Waals surface area contributed by atoms with Gasteiger partial charge in [-0.25, -0.2) is 0 Å². The molecule has 1 saturated carbocycles. The highest BCUT2D eigenvalue weighted by atomic mass is 16.5. The van der Waals surface area contributed by atoms with Gasteiger partial charge in [-0.15, -0.1) is 0 Å². The molecule has 0 aromatic heterocycles. The van der Waals surface area contributed by atoms with Gasteiger partial charge in [0.15, 0.2) is 0 Å². The Balaban J connectivity index is 1.98. The van der Waals surface area contributed by atoms with Crippen LogP contribution < -0.4 is 4.74 Å². The first-order valence-electron chi connectivity index (χ1n) is 7.33. The Kier molecular flexibility index (Phi) is 4.34. The number of allylic oxidation sites excluding steroid dienone is 1. The summed E-state index contributed by atoms with van der Waals surface area (Å²) in [5.41, 5.74) is 3.28. The van der Waals surface area contributed by atoms with E-state index in [1.807, 2.05) is 0 Å². The van der Waals surface area contributed by atoms with Crippen LogP contribution in [0.3, 0.4) is 0 Å². The molecule has 0 bridgehead atoms. The highest BCUT2D eigenvalue weighted by molar-refractivity contribution is 5.27. The first-order valence-corrected chi connectivity index (χ1v) is 7.33. The topological polar surface area (TPSA) is 9.23 Å². The van der Waals surface area contributed by atoms with Crippen molar-refractivity contribution in [1.29, 1.82) is 0 Å². The molecule has 19 heavy (non-hydrogen) atoms. The van der Waals surface area contributed by atoms with Crippen molar-refractivity contribution in [2.75, 3.05) is 7.11 Å². The monoisotopic (exact) mass is 258 g/mol. The molecule has 1 fully saturated rings. The maximum atomic E-state index is 5.20. The van der Waals surface area contributed by atoms with E-state index in [0.29, 0.717) is 11.3 Å². The molecule has 1 aliphatic carbocycles. The van der Waals surface area contributed by atoms with Gasteiger partial charge in [0, 0.05) is 0 Å². The lowest BCUT2D eigenvalue weighted by molar-refractivity contribution is 0.180. The van der Waals surface area contributed by atoms with Crippen LogP contribution in [0.15, 0.2) is 36.4 Å². The average molecular weight is 258 g/mol. The molecular weight excluding hydrogens is 232 g/mol. The van der Waals surface area contributed by atoms with E-state index in [2.05, 4.69) is 44.7 Å². The van der Waals surface area contributed by atoms with Gasteiger partial charge in [-0.2, -0.15) is 0 Å². The SMILES string of the molecule is C=C1CCCC(C)(C)C1CCc1ccc(OC)cc1. The molecule has 0 saturated heterocycles. The van der Waals surface area contributed by atoms with Gasteiger partial charge in [-0.05, 0) is 61.1 Å². The quantitative estimate of drug-likeness (QED) is 0.690. The number of methoxy groups -OCH3 is 1. The average Bonchev–Trinajstić information content (AvgIpc) is 2.38. The van der Waals surface area contributed by atoms with Crippen molar-refractivity contribution >= 4 is 0 Å². The highest BCUT2D eigenvalue weighted by Crippen LogP contribution is 2.45. The van der Waals surface area contributed by atoms with Crippen molar-refractivity contribution in [3.8, 4) is 5.75 Å². The molecule has 0 heterocycles. The van der Waals surface area contributed by atoms with Crippen LogP contribution in [0.2, 0.25) is 0 Å². The van der Waals surface area contributed by atoms with E-state index in [9.17, 15) is 0 Å². The smallest absolute Gasteiger partial charge is 0.118 e. The fourth-order valence-electron chi connectivity index (χ4n) is 3.37. The molecule has 0 aliphatic heterocycles. The third kappa shape index (κ3) is 3.40. The van der Waals surface area contributed by atoms with E-state index >= 15 is 0 Å². The normalized spacial score (nSPS) is 22.3. The van der Waals surface area contributed by atoms with E-state index in [0.717, 1.165) is 12.2 Å². The molecule has 1 atom stereocenters. The number of hydrogen-bond acceptors (Lipinski definition) is 1. The minimum atomic E-state index is 0.418. The third-order valence-corrected chi connectivity index (χ3v) is 4.64. The van der Waals surface area contributed by atoms with Gasteiger partial charge in [-0.3, -0.25) is 0 Å². The van der Waals surface area contributed by atoms with Gasteiger partial charge < -0.3 is 4.74 Å². The largest absolute Gasteiger partial charge is 0.497 e. The maximum absolute atomic E-state index is 5.20. The Bertz CT molecular complexity index is 428. The predicted molar refractivity (Wildman–Crippen MR) is 81.6 cm³/mol. The Morgan fingerprint density at radius 1 is 1.26 bits per heavy atom. The highest BCUT2D eigenvalue weighted by Gasteiger charge is 2.33. The van der Waals surface area contributed by atoms with Crippen molar-refractivity contribution in [2.45, 2.75) is 46.0 Å². The van der Waals surface area contributed by atoms with Crippen molar-refractivity contribution in [1.82, 2.24) is 0 Å². The molecule has 1 aromatic rings. The summed E-state index contributed by atoms with van der Waals surface area (Å²) in [5, 5.41) is 0. The second-order valence-corrected chi connectivity index (χ2v) is 6.44. The van der Waals surface area contributed by atoms with E-state index < -0.39 is 0 Å². The number of rotatable bonds is 4. The summed E-state index contributed by atoms with van der Waals surface area (Å²) in [6.07, 6.45) is 6.22. The van der Waals surface area contributed by atoms with Crippen LogP contribution in [0.1, 0.15) is 45.1 Å². The second-order valence-electron chi connectivity index (χ2n) is 6.44. The van der Waals surface area contributed by atoms with Crippen LogP contribution in [-0.2, 0) is 6.42 Å². The summed E-state index contributed by atoms with van der Waals surface area (Å²) in [6.45, 7) is 9.11. The maximum Gasteiger partial charge on any atom is 0.118 e. The summed E-state index contributed by atoms with van der Waals surface area (Å²) in [6, 6.07) is 8.46. The summed E-state index contributed by atoms with van der Waals surface area (Å²) >= 11 is 0. The van der Waals surface area contributed by atoms with Gasteiger partial charge in [-0.1, -0.05) is 38.1 Å². The number of hydrogen-bond donors (Lipinski definition) is 0. The third-order valence-electron chi connectivity index (χ3n) is 4.64. The van der Waals surface area contributed by atoms with Crippen LogP contribution in [-0.4, -0.2) is 7.11 Å². The number of ether oxygens (including phenoxy) is 1. The number of aryl methyl sites for hydroxylation is 1. The summed E-state index contributed by atoms with van der Waals surface area (Å²) in [5.74, 6) is 1.61. The minimum Gasteiger partial charge on any atom is -0.497 e. The molecule has 1 aromatic carbocycles. The molecular formula is C18H26O. The van der Waals surface area contributed by atoms with E-state index in [4.69, 9.17) is 4.74 Å². The van der Waals surface area contributed by atoms with Crippen molar-refractivity contribution in [3.05, 3.63) is 42.0 Å². The summed E-state index contributed by atoms with van der Waals surface area (Å²) < 4.78 is 5.20. The second kappa shape index (κ2) is 5.81. The Morgan fingerprint density at radius 3 is 2.53 bits per heavy atom. The molecule has 1 aliphatic rings. The molecule has 1 nitrogen and oxygen atoms in total. The lowest BCUT2D eigenvalue weighted by Crippen LogP contribution is -2.29. The van der Waals surface area contributed by atoms with E-state index in [1.54, 1.807) is 7.11 Å². The fourth-order valence-corrected chi connectivity index (χ4v) is 3.37. The molecule has 1 unspecified atom stereocenters. The predicted octanol–water partition coefficient (Wildman–Crippen LogP) is 5.01. The zero-order valence-electron chi connectivity index (χ0n) is 12.5. The molecule has 0 spiro atoms. The Morgan fingerprint density at radius 2 is 1.95 bits per heavy atom. The van der Waals surface area contributed by atoms with Crippen molar-refractivity contribution in [3.63, 3.8) is 0 Å². The van der Waals surface area contributed by atoms with Gasteiger partial charge in [0.2, 0.25) is 0 Å². The Hall–Kier alpha value is -1.24. The van der Waals surface area contributed by atoms with Crippen LogP contribution >= 0.6 is 0 Å². The first-order chi connectivity index (χ1) is 9.03. The van der Waals surface area contributed by atoms with Gasteiger partial charge >= 0.3 is 0 Å². The van der Waals surface area contributed by atoms with Crippen molar-refractivity contribution in [2.24, 2.45) is 11.3 Å². The lowest BCUT2D eigenvalue weighted by Gasteiger charge is -2.40. The van der Waals surface area contributed by atoms with Gasteiger partial charge in [0.25, 0.3) is 0 Å². The molecule has 2 rings (SSSR count). The standard InChI is InChI=1S/C18H26O/c1-14-6-5-13-18(2,3)17(14)12-9-15-7-10-16(19-4)11-8-15/h7-8,10-11,17H,1,5-6,9,12-13H2,2-4H3. The summed E-state index contributed by atoms with van der Waals surface area (Å²) in [4.78, 5) is 0. The van der Waals surface area contributed by atoms with Crippen LogP contribution in [0.5, 0.6) is 5.75 Å². The van der Waals surface area contributed by atoms with Gasteiger partial charge in [0.05, 0.1) is 7.11 Å². The van der Waals surface area contributed by atoms with Crippen LogP contribution in [0.4, 0.5) is 0 Å². The molecule has 0 N–H and O–H groups in total. The first kappa shape index (κ1) is 14.2. The van der Waals surface area contributed by atoms with Crippen LogP contribution in [0.25, 0.3) is 0 Å². The molecule has 0 radical (unpaired) electrons. The molecule has 1 heteroatoms. The van der Waals surface area contributed by atoms with Gasteiger partial charge in [0.1, 0.15) is 5.75 Å². The van der Waals surface area contributed by atoms with E-state index in [1.165, 1.54) is 36.8 Å².